The van der Waals surface area contributed by atoms with Gasteiger partial charge in [0, 0.05) is 11.5 Å². The normalized spacial score (nSPS) is 20.3. The lowest BCUT2D eigenvalue weighted by molar-refractivity contribution is 0.0320. The van der Waals surface area contributed by atoms with Gasteiger partial charge >= 0.3 is 0 Å². The molecule has 0 N–H and O–H groups in total. The predicted octanol–water partition coefficient (Wildman–Crippen LogP) is 5.23. The maximum Gasteiger partial charge on any atom is 0.166 e. The fraction of sp³-hybridized carbons (Fsp3) is 0.300. The maximum absolute atomic E-state index is 14.6. The molecule has 0 bridgehead atoms. The van der Waals surface area contributed by atoms with Crippen LogP contribution in [-0.2, 0) is 4.74 Å². The highest BCUT2D eigenvalue weighted by Gasteiger charge is 2.26. The van der Waals surface area contributed by atoms with Gasteiger partial charge in [-0.25, -0.2) is 13.2 Å². The zero-order valence-electron chi connectivity index (χ0n) is 13.9. The summed E-state index contributed by atoms with van der Waals surface area (Å²) in [4.78, 5) is 0. The van der Waals surface area contributed by atoms with Crippen molar-refractivity contribution in [2.75, 3.05) is 13.7 Å². The molecule has 5 heteroatoms. The maximum atomic E-state index is 14.6. The molecule has 2 aromatic rings. The molecule has 0 amide bonds. The highest BCUT2D eigenvalue weighted by molar-refractivity contribution is 5.66. The molecule has 2 nitrogen and oxygen atoms in total. The third kappa shape index (κ3) is 3.42. The summed E-state index contributed by atoms with van der Waals surface area (Å²) < 4.78 is 53.4. The van der Waals surface area contributed by atoms with Crippen LogP contribution in [0.15, 0.2) is 43.0 Å². The number of halogens is 3. The second kappa shape index (κ2) is 7.31. The van der Waals surface area contributed by atoms with Crippen molar-refractivity contribution in [1.29, 1.82) is 0 Å². The van der Waals surface area contributed by atoms with Gasteiger partial charge in [0.15, 0.2) is 23.2 Å². The Kier molecular flexibility index (Phi) is 5.13. The number of hydrogen-bond acceptors (Lipinski definition) is 2. The highest BCUT2D eigenvalue weighted by atomic mass is 19.2. The van der Waals surface area contributed by atoms with E-state index in [1.807, 2.05) is 0 Å². The SMILES string of the molecule is C=CC1CCC(c2ccc(-c3ccc(OC)c(F)c3)c(F)c2F)CO1. The van der Waals surface area contributed by atoms with Crippen LogP contribution in [0.25, 0.3) is 11.1 Å². The van der Waals surface area contributed by atoms with Crippen LogP contribution < -0.4 is 4.74 Å². The average molecular weight is 348 g/mol. The molecule has 1 aliphatic heterocycles. The molecule has 1 heterocycles. The Balaban J connectivity index is 1.90. The van der Waals surface area contributed by atoms with Gasteiger partial charge in [-0.2, -0.15) is 0 Å². The lowest BCUT2D eigenvalue weighted by atomic mass is 9.89. The molecule has 1 saturated heterocycles. The standard InChI is InChI=1S/C20H19F3O2/c1-3-14-6-4-13(11-25-14)16-8-7-15(19(22)20(16)23)12-5-9-18(24-2)17(21)10-12/h3,5,7-10,13-14H,1,4,6,11H2,2H3. The van der Waals surface area contributed by atoms with Crippen molar-refractivity contribution in [2.24, 2.45) is 0 Å². The summed E-state index contributed by atoms with van der Waals surface area (Å²) in [5, 5.41) is 0. The van der Waals surface area contributed by atoms with E-state index in [2.05, 4.69) is 6.58 Å². The molecule has 25 heavy (non-hydrogen) atoms. The zero-order chi connectivity index (χ0) is 18.0. The van der Waals surface area contributed by atoms with Gasteiger partial charge in [0.25, 0.3) is 0 Å². The summed E-state index contributed by atoms with van der Waals surface area (Å²) in [6.45, 7) is 4.00. The minimum Gasteiger partial charge on any atom is -0.494 e. The number of rotatable bonds is 4. The van der Waals surface area contributed by atoms with Gasteiger partial charge in [0.05, 0.1) is 19.8 Å². The van der Waals surface area contributed by atoms with Gasteiger partial charge in [-0.15, -0.1) is 6.58 Å². The summed E-state index contributed by atoms with van der Waals surface area (Å²) in [5.74, 6) is -2.66. The second-order valence-corrected chi connectivity index (χ2v) is 6.06. The van der Waals surface area contributed by atoms with Crippen molar-refractivity contribution in [3.8, 4) is 16.9 Å². The molecule has 0 spiro atoms. The summed E-state index contributed by atoms with van der Waals surface area (Å²) in [5.41, 5.74) is 0.564. The molecule has 0 aromatic heterocycles. The van der Waals surface area contributed by atoms with Crippen LogP contribution in [0.3, 0.4) is 0 Å². The van der Waals surface area contributed by atoms with Crippen LogP contribution in [0.5, 0.6) is 5.75 Å². The van der Waals surface area contributed by atoms with Crippen LogP contribution >= 0.6 is 0 Å². The molecule has 0 aliphatic carbocycles. The van der Waals surface area contributed by atoms with Gasteiger partial charge in [-0.1, -0.05) is 24.3 Å². The molecule has 0 radical (unpaired) electrons. The first-order valence-electron chi connectivity index (χ1n) is 8.11. The summed E-state index contributed by atoms with van der Waals surface area (Å²) in [6.07, 6.45) is 3.10. The molecule has 3 rings (SSSR count). The van der Waals surface area contributed by atoms with E-state index in [0.717, 1.165) is 12.5 Å². The van der Waals surface area contributed by atoms with E-state index in [-0.39, 0.29) is 34.5 Å². The van der Waals surface area contributed by atoms with Crippen LogP contribution in [0.4, 0.5) is 13.2 Å². The third-order valence-electron chi connectivity index (χ3n) is 4.59. The first-order valence-corrected chi connectivity index (χ1v) is 8.11. The van der Waals surface area contributed by atoms with Crippen molar-refractivity contribution >= 4 is 0 Å². The Bertz CT molecular complexity index is 781. The van der Waals surface area contributed by atoms with E-state index < -0.39 is 17.5 Å². The summed E-state index contributed by atoms with van der Waals surface area (Å²) in [7, 11) is 1.34. The smallest absolute Gasteiger partial charge is 0.166 e. The Morgan fingerprint density at radius 1 is 1.12 bits per heavy atom. The fourth-order valence-corrected chi connectivity index (χ4v) is 3.14. The molecule has 132 valence electrons. The Hall–Kier alpha value is -2.27. The molecule has 1 fully saturated rings. The minimum atomic E-state index is -0.979. The topological polar surface area (TPSA) is 18.5 Å². The second-order valence-electron chi connectivity index (χ2n) is 6.06. The van der Waals surface area contributed by atoms with Crippen molar-refractivity contribution in [3.63, 3.8) is 0 Å². The first-order chi connectivity index (χ1) is 12.0. The molecule has 0 saturated carbocycles. The Labute approximate surface area is 144 Å². The number of ether oxygens (including phenoxy) is 2. The molecular weight excluding hydrogens is 329 g/mol. The van der Waals surface area contributed by atoms with Crippen LogP contribution in [0, 0.1) is 17.5 Å². The quantitative estimate of drug-likeness (QED) is 0.705. The molecule has 2 unspecified atom stereocenters. The summed E-state index contributed by atoms with van der Waals surface area (Å²) >= 11 is 0. The van der Waals surface area contributed by atoms with Gasteiger partial charge in [0.1, 0.15) is 0 Å². The molecule has 2 atom stereocenters. The molecular formula is C20H19F3O2. The fourth-order valence-electron chi connectivity index (χ4n) is 3.14. The van der Waals surface area contributed by atoms with Gasteiger partial charge in [0.2, 0.25) is 0 Å². The largest absolute Gasteiger partial charge is 0.494 e. The summed E-state index contributed by atoms with van der Waals surface area (Å²) in [6, 6.07) is 7.06. The van der Waals surface area contributed by atoms with E-state index in [1.54, 1.807) is 12.1 Å². The van der Waals surface area contributed by atoms with E-state index >= 15 is 0 Å². The van der Waals surface area contributed by atoms with E-state index in [4.69, 9.17) is 9.47 Å². The van der Waals surface area contributed by atoms with Crippen LogP contribution in [-0.4, -0.2) is 19.8 Å². The van der Waals surface area contributed by atoms with Gasteiger partial charge in [-0.3, -0.25) is 0 Å². The van der Waals surface area contributed by atoms with Crippen molar-refractivity contribution in [3.05, 3.63) is 66.0 Å². The Morgan fingerprint density at radius 2 is 1.92 bits per heavy atom. The van der Waals surface area contributed by atoms with Crippen molar-refractivity contribution in [2.45, 2.75) is 24.9 Å². The Morgan fingerprint density at radius 3 is 2.52 bits per heavy atom. The minimum absolute atomic E-state index is 0.0171. The monoisotopic (exact) mass is 348 g/mol. The number of benzene rings is 2. The van der Waals surface area contributed by atoms with Crippen LogP contribution in [0.2, 0.25) is 0 Å². The third-order valence-corrected chi connectivity index (χ3v) is 4.59. The van der Waals surface area contributed by atoms with E-state index in [1.165, 1.54) is 25.3 Å². The average Bonchev–Trinajstić information content (AvgIpc) is 2.64. The molecule has 2 aromatic carbocycles. The van der Waals surface area contributed by atoms with Crippen LogP contribution in [0.1, 0.15) is 24.3 Å². The predicted molar refractivity (Wildman–Crippen MR) is 90.2 cm³/mol. The number of methoxy groups -OCH3 is 1. The molecule has 1 aliphatic rings. The lowest BCUT2D eigenvalue weighted by Gasteiger charge is -2.28. The first kappa shape index (κ1) is 17.5. The van der Waals surface area contributed by atoms with E-state index in [9.17, 15) is 13.2 Å². The van der Waals surface area contributed by atoms with Gasteiger partial charge < -0.3 is 9.47 Å². The number of hydrogen-bond donors (Lipinski definition) is 0. The van der Waals surface area contributed by atoms with E-state index in [0.29, 0.717) is 13.0 Å². The van der Waals surface area contributed by atoms with Gasteiger partial charge in [-0.05, 0) is 36.1 Å². The lowest BCUT2D eigenvalue weighted by Crippen LogP contribution is -2.23. The van der Waals surface area contributed by atoms with Crippen molar-refractivity contribution < 1.29 is 22.6 Å². The van der Waals surface area contributed by atoms with Crippen molar-refractivity contribution in [1.82, 2.24) is 0 Å². The highest BCUT2D eigenvalue weighted by Crippen LogP contribution is 2.35. The zero-order valence-corrected chi connectivity index (χ0v) is 13.9.